The van der Waals surface area contributed by atoms with Crippen LogP contribution in [0.5, 0.6) is 0 Å². The third kappa shape index (κ3) is 5.67. The number of hydrogen-bond acceptors (Lipinski definition) is 3. The maximum atomic E-state index is 12.2. The quantitative estimate of drug-likeness (QED) is 0.731. The molecule has 0 aliphatic carbocycles. The van der Waals surface area contributed by atoms with Crippen LogP contribution in [0.4, 0.5) is 0 Å². The number of methoxy groups -OCH3 is 1. The van der Waals surface area contributed by atoms with E-state index < -0.39 is 0 Å². The average Bonchev–Trinajstić information content (AvgIpc) is 2.57. The monoisotopic (exact) mass is 332 g/mol. The first kappa shape index (κ1) is 17.5. The lowest BCUT2D eigenvalue weighted by Gasteiger charge is -2.20. The van der Waals surface area contributed by atoms with Crippen molar-refractivity contribution in [3.63, 3.8) is 0 Å². The van der Waals surface area contributed by atoms with Crippen molar-refractivity contribution in [1.82, 2.24) is 10.6 Å². The molecule has 0 fully saturated rings. The SMILES string of the molecule is COCCNCC(=O)NC(c1ccccc1)c1cccc(Cl)c1. The second-order valence-electron chi connectivity index (χ2n) is 5.14. The third-order valence-corrected chi connectivity index (χ3v) is 3.62. The minimum absolute atomic E-state index is 0.0741. The van der Waals surface area contributed by atoms with E-state index in [1.807, 2.05) is 54.6 Å². The molecule has 0 saturated heterocycles. The number of benzene rings is 2. The van der Waals surface area contributed by atoms with Crippen LogP contribution in [0, 0.1) is 0 Å². The van der Waals surface area contributed by atoms with Gasteiger partial charge in [0.1, 0.15) is 0 Å². The third-order valence-electron chi connectivity index (χ3n) is 3.39. The molecule has 0 saturated carbocycles. The summed E-state index contributed by atoms with van der Waals surface area (Å²) >= 11 is 6.09. The van der Waals surface area contributed by atoms with E-state index in [0.717, 1.165) is 11.1 Å². The lowest BCUT2D eigenvalue weighted by atomic mass is 9.98. The normalized spacial score (nSPS) is 11.9. The van der Waals surface area contributed by atoms with Gasteiger partial charge < -0.3 is 15.4 Å². The number of amides is 1. The van der Waals surface area contributed by atoms with Gasteiger partial charge in [0.25, 0.3) is 0 Å². The number of carbonyl (C=O) groups is 1. The summed E-state index contributed by atoms with van der Waals surface area (Å²) in [5.74, 6) is -0.0741. The Labute approximate surface area is 141 Å². The van der Waals surface area contributed by atoms with E-state index in [0.29, 0.717) is 18.2 Å². The highest BCUT2D eigenvalue weighted by atomic mass is 35.5. The maximum absolute atomic E-state index is 12.2. The molecule has 0 radical (unpaired) electrons. The first-order valence-corrected chi connectivity index (χ1v) is 7.88. The van der Waals surface area contributed by atoms with E-state index in [1.54, 1.807) is 7.11 Å². The summed E-state index contributed by atoms with van der Waals surface area (Å²) in [6.07, 6.45) is 0. The van der Waals surface area contributed by atoms with E-state index >= 15 is 0 Å². The van der Waals surface area contributed by atoms with Crippen LogP contribution in [-0.2, 0) is 9.53 Å². The van der Waals surface area contributed by atoms with Crippen molar-refractivity contribution >= 4 is 17.5 Å². The van der Waals surface area contributed by atoms with Gasteiger partial charge in [-0.05, 0) is 23.3 Å². The number of halogens is 1. The standard InChI is InChI=1S/C18H21ClN2O2/c1-23-11-10-20-13-17(22)21-18(14-6-3-2-4-7-14)15-8-5-9-16(19)12-15/h2-9,12,18,20H,10-11,13H2,1H3,(H,21,22). The minimum Gasteiger partial charge on any atom is -0.383 e. The van der Waals surface area contributed by atoms with Crippen molar-refractivity contribution < 1.29 is 9.53 Å². The van der Waals surface area contributed by atoms with E-state index in [2.05, 4.69) is 10.6 Å². The molecule has 1 amide bonds. The molecular weight excluding hydrogens is 312 g/mol. The van der Waals surface area contributed by atoms with Crippen LogP contribution in [0.25, 0.3) is 0 Å². The van der Waals surface area contributed by atoms with Gasteiger partial charge >= 0.3 is 0 Å². The van der Waals surface area contributed by atoms with Gasteiger partial charge in [0, 0.05) is 18.7 Å². The van der Waals surface area contributed by atoms with Crippen LogP contribution in [0.2, 0.25) is 5.02 Å². The Balaban J connectivity index is 2.10. The molecule has 5 heteroatoms. The lowest BCUT2D eigenvalue weighted by molar-refractivity contribution is -0.120. The fraction of sp³-hybridized carbons (Fsp3) is 0.278. The maximum Gasteiger partial charge on any atom is 0.234 e. The molecular formula is C18H21ClN2O2. The molecule has 2 aromatic carbocycles. The molecule has 23 heavy (non-hydrogen) atoms. The molecule has 1 atom stereocenters. The molecule has 122 valence electrons. The molecule has 4 nitrogen and oxygen atoms in total. The summed E-state index contributed by atoms with van der Waals surface area (Å²) in [6.45, 7) is 1.45. The fourth-order valence-electron chi connectivity index (χ4n) is 2.28. The van der Waals surface area contributed by atoms with Crippen LogP contribution in [0.1, 0.15) is 17.2 Å². The zero-order valence-corrected chi connectivity index (χ0v) is 13.8. The molecule has 2 rings (SSSR count). The van der Waals surface area contributed by atoms with Gasteiger partial charge in [-0.1, -0.05) is 54.1 Å². The first-order valence-electron chi connectivity index (χ1n) is 7.50. The van der Waals surface area contributed by atoms with Gasteiger partial charge in [0.05, 0.1) is 19.2 Å². The van der Waals surface area contributed by atoms with Gasteiger partial charge in [-0.25, -0.2) is 0 Å². The summed E-state index contributed by atoms with van der Waals surface area (Å²) in [5.41, 5.74) is 1.97. The van der Waals surface area contributed by atoms with Crippen molar-refractivity contribution in [1.29, 1.82) is 0 Å². The predicted molar refractivity (Wildman–Crippen MR) is 92.6 cm³/mol. The Morgan fingerprint density at radius 2 is 1.87 bits per heavy atom. The van der Waals surface area contributed by atoms with Crippen molar-refractivity contribution in [2.24, 2.45) is 0 Å². The number of hydrogen-bond donors (Lipinski definition) is 2. The van der Waals surface area contributed by atoms with Crippen LogP contribution in [0.15, 0.2) is 54.6 Å². The van der Waals surface area contributed by atoms with E-state index in [1.165, 1.54) is 0 Å². The molecule has 0 aliphatic rings. The number of nitrogens with one attached hydrogen (secondary N) is 2. The second-order valence-corrected chi connectivity index (χ2v) is 5.57. The highest BCUT2D eigenvalue weighted by molar-refractivity contribution is 6.30. The van der Waals surface area contributed by atoms with Crippen molar-refractivity contribution in [2.75, 3.05) is 26.8 Å². The molecule has 0 bridgehead atoms. The van der Waals surface area contributed by atoms with Crippen LogP contribution in [0.3, 0.4) is 0 Å². The minimum atomic E-state index is -0.230. The summed E-state index contributed by atoms with van der Waals surface area (Å²) < 4.78 is 4.95. The van der Waals surface area contributed by atoms with Gasteiger partial charge in [0.15, 0.2) is 0 Å². The largest absolute Gasteiger partial charge is 0.383 e. The summed E-state index contributed by atoms with van der Waals surface area (Å²) in [4.78, 5) is 12.2. The molecule has 0 aromatic heterocycles. The zero-order valence-electron chi connectivity index (χ0n) is 13.1. The molecule has 2 aromatic rings. The fourth-order valence-corrected chi connectivity index (χ4v) is 2.48. The predicted octanol–water partition coefficient (Wildman–Crippen LogP) is 2.78. The van der Waals surface area contributed by atoms with Gasteiger partial charge in [-0.15, -0.1) is 0 Å². The topological polar surface area (TPSA) is 50.4 Å². The van der Waals surface area contributed by atoms with Crippen molar-refractivity contribution in [3.8, 4) is 0 Å². The van der Waals surface area contributed by atoms with Crippen LogP contribution >= 0.6 is 11.6 Å². The molecule has 0 heterocycles. The van der Waals surface area contributed by atoms with Gasteiger partial charge in [-0.3, -0.25) is 4.79 Å². The van der Waals surface area contributed by atoms with Gasteiger partial charge in [0.2, 0.25) is 5.91 Å². The van der Waals surface area contributed by atoms with Crippen LogP contribution < -0.4 is 10.6 Å². The van der Waals surface area contributed by atoms with Crippen LogP contribution in [-0.4, -0.2) is 32.7 Å². The Morgan fingerprint density at radius 1 is 1.13 bits per heavy atom. The van der Waals surface area contributed by atoms with E-state index in [-0.39, 0.29) is 18.5 Å². The zero-order chi connectivity index (χ0) is 16.5. The molecule has 1 unspecified atom stereocenters. The summed E-state index contributed by atoms with van der Waals surface area (Å²) in [5, 5.41) is 6.74. The molecule has 0 aliphatic heterocycles. The highest BCUT2D eigenvalue weighted by Crippen LogP contribution is 2.24. The Kier molecular flexibility index (Phi) is 7.07. The lowest BCUT2D eigenvalue weighted by Crippen LogP contribution is -2.37. The number of carbonyl (C=O) groups excluding carboxylic acids is 1. The smallest absolute Gasteiger partial charge is 0.234 e. The average molecular weight is 333 g/mol. The Bertz CT molecular complexity index is 619. The number of ether oxygens (including phenoxy) is 1. The van der Waals surface area contributed by atoms with Crippen molar-refractivity contribution in [2.45, 2.75) is 6.04 Å². The van der Waals surface area contributed by atoms with Crippen molar-refractivity contribution in [3.05, 3.63) is 70.7 Å². The number of rotatable bonds is 8. The molecule has 2 N–H and O–H groups in total. The van der Waals surface area contributed by atoms with Gasteiger partial charge in [-0.2, -0.15) is 0 Å². The second kappa shape index (κ2) is 9.30. The molecule has 0 spiro atoms. The first-order chi connectivity index (χ1) is 11.2. The van der Waals surface area contributed by atoms with E-state index in [4.69, 9.17) is 16.3 Å². The summed E-state index contributed by atoms with van der Waals surface area (Å²) in [6, 6.07) is 17.1. The Hall–Kier alpha value is -1.88. The van der Waals surface area contributed by atoms with E-state index in [9.17, 15) is 4.79 Å². The summed E-state index contributed by atoms with van der Waals surface area (Å²) in [7, 11) is 1.63. The highest BCUT2D eigenvalue weighted by Gasteiger charge is 2.16. The Morgan fingerprint density at radius 3 is 2.57 bits per heavy atom.